The van der Waals surface area contributed by atoms with Crippen LogP contribution in [0.5, 0.6) is 0 Å². The molecule has 0 radical (unpaired) electrons. The number of nitrogens with zero attached hydrogens (tertiary/aromatic N) is 1. The highest BCUT2D eigenvalue weighted by atomic mass is 16.5. The molecule has 0 unspecified atom stereocenters. The van der Waals surface area contributed by atoms with E-state index in [9.17, 15) is 0 Å². The zero-order valence-corrected chi connectivity index (χ0v) is 10.8. The SMILES string of the molecule is CC.CC.CC1(C)OCc2ccncc21. The van der Waals surface area contributed by atoms with Crippen molar-refractivity contribution in [3.63, 3.8) is 0 Å². The van der Waals surface area contributed by atoms with Crippen molar-refractivity contribution in [1.82, 2.24) is 4.98 Å². The normalized spacial score (nSPS) is 15.3. The second-order valence-electron chi connectivity index (χ2n) is 3.33. The molecule has 0 bridgehead atoms. The summed E-state index contributed by atoms with van der Waals surface area (Å²) in [5, 5.41) is 0. The van der Waals surface area contributed by atoms with E-state index < -0.39 is 0 Å². The number of rotatable bonds is 0. The lowest BCUT2D eigenvalue weighted by atomic mass is 9.99. The van der Waals surface area contributed by atoms with Gasteiger partial charge in [0.15, 0.2) is 0 Å². The van der Waals surface area contributed by atoms with Crippen molar-refractivity contribution in [3.05, 3.63) is 29.6 Å². The van der Waals surface area contributed by atoms with Gasteiger partial charge in [-0.2, -0.15) is 0 Å². The van der Waals surface area contributed by atoms with Crippen LogP contribution in [-0.2, 0) is 16.9 Å². The summed E-state index contributed by atoms with van der Waals surface area (Å²) in [5.41, 5.74) is 2.36. The Hall–Kier alpha value is -0.890. The minimum atomic E-state index is -0.135. The van der Waals surface area contributed by atoms with E-state index in [0.29, 0.717) is 0 Å². The van der Waals surface area contributed by atoms with Crippen LogP contribution in [0.4, 0.5) is 0 Å². The minimum absolute atomic E-state index is 0.135. The Bertz CT molecular complexity index is 282. The molecule has 1 aliphatic rings. The van der Waals surface area contributed by atoms with Crippen molar-refractivity contribution in [2.75, 3.05) is 0 Å². The van der Waals surface area contributed by atoms with Crippen LogP contribution in [-0.4, -0.2) is 4.98 Å². The molecule has 0 aliphatic carbocycles. The third-order valence-electron chi connectivity index (χ3n) is 2.15. The van der Waals surface area contributed by atoms with E-state index in [1.165, 1.54) is 11.1 Å². The van der Waals surface area contributed by atoms with Crippen LogP contribution in [0.2, 0.25) is 0 Å². The van der Waals surface area contributed by atoms with E-state index in [4.69, 9.17) is 4.74 Å². The molecule has 0 atom stereocenters. The minimum Gasteiger partial charge on any atom is -0.366 e. The molecule has 1 aromatic rings. The van der Waals surface area contributed by atoms with Crippen LogP contribution in [0.1, 0.15) is 52.7 Å². The Morgan fingerprint density at radius 2 is 1.80 bits per heavy atom. The van der Waals surface area contributed by atoms with Crippen molar-refractivity contribution in [3.8, 4) is 0 Å². The number of ether oxygens (including phenoxy) is 1. The van der Waals surface area contributed by atoms with E-state index in [1.54, 1.807) is 0 Å². The monoisotopic (exact) mass is 209 g/mol. The summed E-state index contributed by atoms with van der Waals surface area (Å²) in [4.78, 5) is 4.07. The lowest BCUT2D eigenvalue weighted by molar-refractivity contribution is -0.00800. The maximum absolute atomic E-state index is 5.57. The first kappa shape index (κ1) is 14.1. The average molecular weight is 209 g/mol. The van der Waals surface area contributed by atoms with Crippen LogP contribution >= 0.6 is 0 Å². The second-order valence-corrected chi connectivity index (χ2v) is 3.33. The molecule has 0 N–H and O–H groups in total. The Morgan fingerprint density at radius 1 is 1.20 bits per heavy atom. The van der Waals surface area contributed by atoms with Crippen LogP contribution in [0.25, 0.3) is 0 Å². The summed E-state index contributed by atoms with van der Waals surface area (Å²) in [6.07, 6.45) is 3.70. The largest absolute Gasteiger partial charge is 0.366 e. The molecule has 15 heavy (non-hydrogen) atoms. The highest BCUT2D eigenvalue weighted by Crippen LogP contribution is 2.34. The Kier molecular flexibility index (Phi) is 6.18. The van der Waals surface area contributed by atoms with Gasteiger partial charge in [-0.05, 0) is 25.5 Å². The van der Waals surface area contributed by atoms with Gasteiger partial charge in [-0.15, -0.1) is 0 Å². The molecular formula is C13H23NO. The van der Waals surface area contributed by atoms with Gasteiger partial charge in [0.2, 0.25) is 0 Å². The van der Waals surface area contributed by atoms with Crippen LogP contribution in [0.3, 0.4) is 0 Å². The van der Waals surface area contributed by atoms with Crippen molar-refractivity contribution >= 4 is 0 Å². The summed E-state index contributed by atoms with van der Waals surface area (Å²) in [7, 11) is 0. The summed E-state index contributed by atoms with van der Waals surface area (Å²) >= 11 is 0. The molecule has 0 saturated carbocycles. The van der Waals surface area contributed by atoms with Gasteiger partial charge in [0.25, 0.3) is 0 Å². The highest BCUT2D eigenvalue weighted by Gasteiger charge is 2.30. The molecular weight excluding hydrogens is 186 g/mol. The van der Waals surface area contributed by atoms with Gasteiger partial charge in [0.05, 0.1) is 12.2 Å². The summed E-state index contributed by atoms with van der Waals surface area (Å²) in [5.74, 6) is 0. The zero-order valence-electron chi connectivity index (χ0n) is 10.8. The predicted molar refractivity (Wildman–Crippen MR) is 64.7 cm³/mol. The summed E-state index contributed by atoms with van der Waals surface area (Å²) in [6.45, 7) is 12.9. The first-order valence-electron chi connectivity index (χ1n) is 5.77. The fraction of sp³-hybridized carbons (Fsp3) is 0.615. The number of pyridine rings is 1. The molecule has 86 valence electrons. The van der Waals surface area contributed by atoms with Crippen molar-refractivity contribution in [2.45, 2.75) is 53.8 Å². The molecule has 2 rings (SSSR count). The second kappa shape index (κ2) is 6.57. The molecule has 2 heteroatoms. The Morgan fingerprint density at radius 3 is 2.33 bits per heavy atom. The van der Waals surface area contributed by atoms with Gasteiger partial charge in [-0.3, -0.25) is 4.98 Å². The molecule has 0 fully saturated rings. The number of aromatic nitrogens is 1. The molecule has 1 aliphatic heterocycles. The van der Waals surface area contributed by atoms with E-state index in [1.807, 2.05) is 46.2 Å². The summed E-state index contributed by atoms with van der Waals surface area (Å²) in [6, 6.07) is 2.02. The van der Waals surface area contributed by atoms with Crippen LogP contribution < -0.4 is 0 Å². The van der Waals surface area contributed by atoms with Crippen LogP contribution in [0.15, 0.2) is 18.5 Å². The Balaban J connectivity index is 0.000000442. The molecule has 0 amide bonds. The van der Waals surface area contributed by atoms with Crippen molar-refractivity contribution in [2.24, 2.45) is 0 Å². The first-order valence-corrected chi connectivity index (χ1v) is 5.77. The molecule has 0 aromatic carbocycles. The van der Waals surface area contributed by atoms with Crippen molar-refractivity contribution in [1.29, 1.82) is 0 Å². The molecule has 0 spiro atoms. The van der Waals surface area contributed by atoms with Gasteiger partial charge < -0.3 is 4.74 Å². The fourth-order valence-electron chi connectivity index (χ4n) is 1.43. The van der Waals surface area contributed by atoms with Gasteiger partial charge in [-0.1, -0.05) is 27.7 Å². The van der Waals surface area contributed by atoms with E-state index in [2.05, 4.69) is 18.8 Å². The first-order chi connectivity index (χ1) is 7.20. The van der Waals surface area contributed by atoms with E-state index in [-0.39, 0.29) is 5.60 Å². The zero-order chi connectivity index (χ0) is 11.9. The van der Waals surface area contributed by atoms with Gasteiger partial charge in [0.1, 0.15) is 0 Å². The number of hydrogen-bond donors (Lipinski definition) is 0. The lowest BCUT2D eigenvalue weighted by Gasteiger charge is -2.17. The fourth-order valence-corrected chi connectivity index (χ4v) is 1.43. The topological polar surface area (TPSA) is 22.1 Å². The summed E-state index contributed by atoms with van der Waals surface area (Å²) < 4.78 is 5.57. The molecule has 2 nitrogen and oxygen atoms in total. The number of fused-ring (bicyclic) bond motifs is 1. The quantitative estimate of drug-likeness (QED) is 0.646. The predicted octanol–water partition coefficient (Wildman–Crippen LogP) is 3.90. The van der Waals surface area contributed by atoms with Gasteiger partial charge in [-0.25, -0.2) is 0 Å². The van der Waals surface area contributed by atoms with Crippen molar-refractivity contribution < 1.29 is 4.74 Å². The van der Waals surface area contributed by atoms with E-state index in [0.717, 1.165) is 6.61 Å². The maximum atomic E-state index is 5.57. The van der Waals surface area contributed by atoms with Gasteiger partial charge in [0, 0.05) is 18.0 Å². The molecule has 2 heterocycles. The highest BCUT2D eigenvalue weighted by molar-refractivity contribution is 5.30. The Labute approximate surface area is 93.7 Å². The third kappa shape index (κ3) is 3.31. The van der Waals surface area contributed by atoms with Crippen LogP contribution in [0, 0.1) is 0 Å². The average Bonchev–Trinajstić information content (AvgIpc) is 2.62. The maximum Gasteiger partial charge on any atom is 0.0898 e. The third-order valence-corrected chi connectivity index (χ3v) is 2.15. The standard InChI is InChI=1S/C9H11NO.2C2H6/c1-9(2)8-5-10-4-3-7(8)6-11-9;2*1-2/h3-5H,6H2,1-2H3;2*1-2H3. The molecule has 0 saturated heterocycles. The van der Waals surface area contributed by atoms with Gasteiger partial charge >= 0.3 is 0 Å². The smallest absolute Gasteiger partial charge is 0.0898 e. The molecule has 1 aromatic heterocycles. The lowest BCUT2D eigenvalue weighted by Crippen LogP contribution is -2.14. The van der Waals surface area contributed by atoms with E-state index >= 15 is 0 Å². The number of hydrogen-bond acceptors (Lipinski definition) is 2.